The smallest absolute Gasteiger partial charge is 0.130 e. The Morgan fingerprint density at radius 2 is 1.50 bits per heavy atom. The third-order valence-electron chi connectivity index (χ3n) is 1.53. The van der Waals surface area contributed by atoms with Crippen LogP contribution in [0.1, 0.15) is 0 Å². The average molecular weight is 176 g/mol. The molecule has 0 aliphatic heterocycles. The predicted octanol–water partition coefficient (Wildman–Crippen LogP) is 3.52. The van der Waals surface area contributed by atoms with Crippen molar-refractivity contribution in [2.24, 2.45) is 0 Å². The number of rotatable bonds is 2. The molecule has 1 aromatic heterocycles. The Morgan fingerprint density at radius 3 is 2.17 bits per heavy atom. The molecule has 1 aromatic carbocycles. The maximum absolute atomic E-state index is 5.67. The van der Waals surface area contributed by atoms with E-state index in [1.54, 1.807) is 0 Å². The fourth-order valence-electron chi connectivity index (χ4n) is 0.983. The second-order valence-corrected chi connectivity index (χ2v) is 3.95. The molecule has 0 bridgehead atoms. The van der Waals surface area contributed by atoms with Crippen molar-refractivity contribution in [2.45, 2.75) is 0 Å². The van der Waals surface area contributed by atoms with E-state index in [4.69, 9.17) is 4.52 Å². The van der Waals surface area contributed by atoms with Gasteiger partial charge in [-0.3, -0.25) is 0 Å². The van der Waals surface area contributed by atoms with Gasteiger partial charge in [0.05, 0.1) is 7.76 Å². The summed E-state index contributed by atoms with van der Waals surface area (Å²) in [5.74, 6) is 5.12. The van der Waals surface area contributed by atoms with Crippen molar-refractivity contribution in [2.75, 3.05) is 0 Å². The summed E-state index contributed by atoms with van der Waals surface area (Å²) in [5.41, 5.74) is 0. The van der Waals surface area contributed by atoms with E-state index in [1.165, 1.54) is 0 Å². The molecule has 0 amide bonds. The van der Waals surface area contributed by atoms with Crippen molar-refractivity contribution in [1.82, 2.24) is 0 Å². The van der Waals surface area contributed by atoms with Crippen molar-refractivity contribution in [1.29, 1.82) is 0 Å². The number of hydrogen-bond acceptors (Lipinski definition) is 1. The zero-order valence-electron chi connectivity index (χ0n) is 6.55. The molecular formula is C10H9OP. The van der Waals surface area contributed by atoms with Crippen LogP contribution in [-0.2, 0) is 0 Å². The molecule has 0 fully saturated rings. The molecule has 2 rings (SSSR count). The van der Waals surface area contributed by atoms with Gasteiger partial charge in [-0.2, -0.15) is 0 Å². The van der Waals surface area contributed by atoms with Crippen molar-refractivity contribution in [3.8, 4) is 5.75 Å². The lowest BCUT2D eigenvalue weighted by atomic mass is 10.3. The van der Waals surface area contributed by atoms with Crippen LogP contribution in [-0.4, -0.2) is 0 Å². The van der Waals surface area contributed by atoms with Gasteiger partial charge in [-0.25, -0.2) is 0 Å². The Morgan fingerprint density at radius 1 is 0.833 bits per heavy atom. The highest BCUT2D eigenvalue weighted by Crippen LogP contribution is 2.29. The quantitative estimate of drug-likeness (QED) is 0.680. The van der Waals surface area contributed by atoms with E-state index in [9.17, 15) is 0 Å². The summed E-state index contributed by atoms with van der Waals surface area (Å²) < 4.78 is 5.67. The topological polar surface area (TPSA) is 9.23 Å². The van der Waals surface area contributed by atoms with E-state index < -0.39 is 7.76 Å². The first-order chi connectivity index (χ1) is 5.95. The molecule has 1 heterocycles. The third kappa shape index (κ3) is 1.69. The summed E-state index contributed by atoms with van der Waals surface area (Å²) >= 11 is 0. The molecule has 0 saturated carbocycles. The minimum atomic E-state index is -0.483. The van der Waals surface area contributed by atoms with E-state index >= 15 is 0 Å². The molecule has 0 saturated heterocycles. The van der Waals surface area contributed by atoms with Gasteiger partial charge in [0.1, 0.15) is 5.75 Å². The highest BCUT2D eigenvalue weighted by atomic mass is 31.1. The highest BCUT2D eigenvalue weighted by Gasteiger charge is 1.92. The van der Waals surface area contributed by atoms with Crippen molar-refractivity contribution < 1.29 is 4.52 Å². The van der Waals surface area contributed by atoms with Crippen LogP contribution in [0.4, 0.5) is 0 Å². The first-order valence-electron chi connectivity index (χ1n) is 3.81. The minimum Gasteiger partial charge on any atom is -0.447 e. The van der Waals surface area contributed by atoms with Crippen molar-refractivity contribution in [3.05, 3.63) is 54.1 Å². The summed E-state index contributed by atoms with van der Waals surface area (Å²) in [6.45, 7) is 0. The molecule has 2 aromatic rings. The molecule has 2 heteroatoms. The van der Waals surface area contributed by atoms with E-state index in [2.05, 4.69) is 11.6 Å². The van der Waals surface area contributed by atoms with Crippen molar-refractivity contribution >= 4 is 7.76 Å². The fraction of sp³-hybridized carbons (Fsp3) is 0. The first kappa shape index (κ1) is 7.45. The summed E-state index contributed by atoms with van der Waals surface area (Å²) in [6, 6.07) is 13.9. The SMILES string of the molecule is c1ccc(Op2cccc2)cc1. The minimum absolute atomic E-state index is 0.483. The number of benzene rings is 1. The normalized spacial score (nSPS) is 9.67. The molecule has 0 unspecified atom stereocenters. The molecule has 0 spiro atoms. The van der Waals surface area contributed by atoms with Crippen LogP contribution in [0.3, 0.4) is 0 Å². The van der Waals surface area contributed by atoms with Gasteiger partial charge in [0.15, 0.2) is 0 Å². The second kappa shape index (κ2) is 3.46. The maximum Gasteiger partial charge on any atom is 0.130 e. The van der Waals surface area contributed by atoms with Crippen LogP contribution in [0.25, 0.3) is 0 Å². The van der Waals surface area contributed by atoms with Crippen LogP contribution in [0, 0.1) is 0 Å². The second-order valence-electron chi connectivity index (χ2n) is 2.45. The van der Waals surface area contributed by atoms with E-state index in [0.717, 1.165) is 5.75 Å². The lowest BCUT2D eigenvalue weighted by molar-refractivity contribution is 0.634. The summed E-state index contributed by atoms with van der Waals surface area (Å²) in [6.07, 6.45) is 0. The molecule has 0 radical (unpaired) electrons. The fourth-order valence-corrected chi connectivity index (χ4v) is 2.11. The largest absolute Gasteiger partial charge is 0.447 e. The van der Waals surface area contributed by atoms with E-state index in [1.807, 2.05) is 42.5 Å². The predicted molar refractivity (Wildman–Crippen MR) is 51.6 cm³/mol. The lowest BCUT2D eigenvalue weighted by Crippen LogP contribution is -1.74. The van der Waals surface area contributed by atoms with Gasteiger partial charge in [-0.15, -0.1) is 0 Å². The number of hydrogen-bond donors (Lipinski definition) is 0. The van der Waals surface area contributed by atoms with Gasteiger partial charge in [-0.1, -0.05) is 30.3 Å². The monoisotopic (exact) mass is 176 g/mol. The molecule has 60 valence electrons. The van der Waals surface area contributed by atoms with Gasteiger partial charge in [0.25, 0.3) is 0 Å². The Balaban J connectivity index is 2.15. The zero-order valence-corrected chi connectivity index (χ0v) is 7.45. The summed E-state index contributed by atoms with van der Waals surface area (Å²) in [4.78, 5) is 0. The standard InChI is InChI=1S/C10H9OP/c1-2-6-10(7-3-1)11-12-8-4-5-9-12/h1-9H. The molecule has 0 aliphatic rings. The van der Waals surface area contributed by atoms with Gasteiger partial charge in [-0.05, 0) is 23.7 Å². The molecule has 12 heavy (non-hydrogen) atoms. The molecule has 1 nitrogen and oxygen atoms in total. The Bertz CT molecular complexity index is 326. The Labute approximate surface area is 72.8 Å². The molecule has 0 aliphatic carbocycles. The zero-order chi connectivity index (χ0) is 8.23. The van der Waals surface area contributed by atoms with Crippen LogP contribution < -0.4 is 4.52 Å². The molecule has 0 N–H and O–H groups in total. The highest BCUT2D eigenvalue weighted by molar-refractivity contribution is 7.43. The van der Waals surface area contributed by atoms with Crippen molar-refractivity contribution in [3.63, 3.8) is 0 Å². The first-order valence-corrected chi connectivity index (χ1v) is 5.21. The lowest BCUT2D eigenvalue weighted by Gasteiger charge is -2.01. The summed E-state index contributed by atoms with van der Waals surface area (Å²) in [5, 5.41) is 0. The number of para-hydroxylation sites is 1. The molecule has 0 atom stereocenters. The average Bonchev–Trinajstić information content (AvgIpc) is 2.59. The van der Waals surface area contributed by atoms with Gasteiger partial charge in [0.2, 0.25) is 0 Å². The Hall–Kier alpha value is -1.20. The van der Waals surface area contributed by atoms with Crippen LogP contribution in [0.5, 0.6) is 5.75 Å². The maximum atomic E-state index is 5.67. The van der Waals surface area contributed by atoms with E-state index in [-0.39, 0.29) is 0 Å². The summed E-state index contributed by atoms with van der Waals surface area (Å²) in [7, 11) is -0.483. The van der Waals surface area contributed by atoms with Gasteiger partial charge < -0.3 is 4.52 Å². The third-order valence-corrected chi connectivity index (χ3v) is 2.88. The van der Waals surface area contributed by atoms with Gasteiger partial charge >= 0.3 is 0 Å². The van der Waals surface area contributed by atoms with Crippen LogP contribution in [0.15, 0.2) is 54.1 Å². The van der Waals surface area contributed by atoms with Gasteiger partial charge in [0, 0.05) is 0 Å². The van der Waals surface area contributed by atoms with E-state index in [0.29, 0.717) is 0 Å². The molecular weight excluding hydrogens is 167 g/mol. The van der Waals surface area contributed by atoms with Crippen LogP contribution in [0.2, 0.25) is 0 Å². The Kier molecular flexibility index (Phi) is 2.15. The van der Waals surface area contributed by atoms with Crippen LogP contribution >= 0.6 is 7.76 Å².